The van der Waals surface area contributed by atoms with E-state index >= 15 is 0 Å². The van der Waals surface area contributed by atoms with Crippen molar-refractivity contribution in [2.75, 3.05) is 13.2 Å². The minimum absolute atomic E-state index is 0.331. The number of hydrogen-bond donors (Lipinski definition) is 1. The molecule has 1 saturated carbocycles. The Morgan fingerprint density at radius 1 is 1.35 bits per heavy atom. The zero-order valence-electron chi connectivity index (χ0n) is 12.6. The molecule has 0 heterocycles. The van der Waals surface area contributed by atoms with E-state index in [2.05, 4.69) is 59.4 Å². The highest BCUT2D eigenvalue weighted by atomic mass is 79.9. The first-order chi connectivity index (χ1) is 9.63. The molecule has 1 aliphatic carbocycles. The highest BCUT2D eigenvalue weighted by Gasteiger charge is 2.22. The lowest BCUT2D eigenvalue weighted by Crippen LogP contribution is -2.27. The number of rotatable bonds is 9. The molecule has 0 amide bonds. The van der Waals surface area contributed by atoms with Crippen LogP contribution in [-0.2, 0) is 11.2 Å². The van der Waals surface area contributed by atoms with Gasteiger partial charge >= 0.3 is 0 Å². The third-order valence-corrected chi connectivity index (χ3v) is 4.16. The molecule has 2 nitrogen and oxygen atoms in total. The van der Waals surface area contributed by atoms with Gasteiger partial charge in [0.1, 0.15) is 0 Å². The second-order valence-corrected chi connectivity index (χ2v) is 7.01. The first-order valence-corrected chi connectivity index (χ1v) is 8.52. The molecular formula is C17H26BrNO. The van der Waals surface area contributed by atoms with Crippen molar-refractivity contribution in [3.8, 4) is 0 Å². The standard InChI is InChI=1S/C17H26BrNO/c1-13(2)20-9-8-15(12-19-17-6-7-17)10-14-4-3-5-16(18)11-14/h3-5,11,13,15,17,19H,6-10,12H2,1-2H3. The fourth-order valence-corrected chi connectivity index (χ4v) is 2.81. The van der Waals surface area contributed by atoms with Crippen molar-refractivity contribution in [3.05, 3.63) is 34.3 Å². The fourth-order valence-electron chi connectivity index (χ4n) is 2.36. The molecule has 112 valence electrons. The summed E-state index contributed by atoms with van der Waals surface area (Å²) in [5.74, 6) is 0.656. The van der Waals surface area contributed by atoms with Gasteiger partial charge in [-0.25, -0.2) is 0 Å². The van der Waals surface area contributed by atoms with Crippen molar-refractivity contribution in [2.24, 2.45) is 5.92 Å². The summed E-state index contributed by atoms with van der Waals surface area (Å²) in [4.78, 5) is 0. The van der Waals surface area contributed by atoms with Crippen molar-refractivity contribution >= 4 is 15.9 Å². The van der Waals surface area contributed by atoms with Gasteiger partial charge in [-0.15, -0.1) is 0 Å². The van der Waals surface area contributed by atoms with E-state index in [0.29, 0.717) is 12.0 Å². The Labute approximate surface area is 131 Å². The van der Waals surface area contributed by atoms with Crippen LogP contribution in [0.2, 0.25) is 0 Å². The van der Waals surface area contributed by atoms with Gasteiger partial charge in [0, 0.05) is 17.1 Å². The highest BCUT2D eigenvalue weighted by molar-refractivity contribution is 9.10. The smallest absolute Gasteiger partial charge is 0.0518 e. The highest BCUT2D eigenvalue weighted by Crippen LogP contribution is 2.21. The lowest BCUT2D eigenvalue weighted by molar-refractivity contribution is 0.0682. The normalized spacial score (nSPS) is 16.6. The Morgan fingerprint density at radius 2 is 2.15 bits per heavy atom. The molecule has 1 unspecified atom stereocenters. The van der Waals surface area contributed by atoms with Gasteiger partial charge in [-0.1, -0.05) is 28.1 Å². The molecule has 20 heavy (non-hydrogen) atoms. The molecule has 1 aromatic rings. The van der Waals surface area contributed by atoms with Gasteiger partial charge in [0.05, 0.1) is 6.10 Å². The van der Waals surface area contributed by atoms with Crippen molar-refractivity contribution < 1.29 is 4.74 Å². The van der Waals surface area contributed by atoms with Gasteiger partial charge in [0.2, 0.25) is 0 Å². The predicted molar refractivity (Wildman–Crippen MR) is 88.1 cm³/mol. The number of ether oxygens (including phenoxy) is 1. The van der Waals surface area contributed by atoms with Crippen LogP contribution in [0.1, 0.15) is 38.7 Å². The number of halogens is 1. The molecule has 1 aromatic carbocycles. The lowest BCUT2D eigenvalue weighted by atomic mass is 9.96. The SMILES string of the molecule is CC(C)OCCC(CNC1CC1)Cc1cccc(Br)c1. The molecule has 1 N–H and O–H groups in total. The summed E-state index contributed by atoms with van der Waals surface area (Å²) >= 11 is 3.56. The summed E-state index contributed by atoms with van der Waals surface area (Å²) in [6, 6.07) is 9.44. The fraction of sp³-hybridized carbons (Fsp3) is 0.647. The largest absolute Gasteiger partial charge is 0.379 e. The van der Waals surface area contributed by atoms with E-state index in [1.54, 1.807) is 0 Å². The third kappa shape index (κ3) is 6.38. The molecular weight excluding hydrogens is 314 g/mol. The molecule has 3 heteroatoms. The number of hydrogen-bond acceptors (Lipinski definition) is 2. The second kappa shape index (κ2) is 8.16. The summed E-state index contributed by atoms with van der Waals surface area (Å²) in [6.45, 7) is 6.18. The van der Waals surface area contributed by atoms with Crippen LogP contribution in [0.15, 0.2) is 28.7 Å². The number of benzene rings is 1. The summed E-state index contributed by atoms with van der Waals surface area (Å²) in [5, 5.41) is 3.66. The van der Waals surface area contributed by atoms with Crippen LogP contribution in [0.25, 0.3) is 0 Å². The van der Waals surface area contributed by atoms with Crippen LogP contribution >= 0.6 is 15.9 Å². The van der Waals surface area contributed by atoms with E-state index in [1.165, 1.54) is 22.9 Å². The number of nitrogens with one attached hydrogen (secondary N) is 1. The molecule has 0 bridgehead atoms. The Balaban J connectivity index is 1.83. The van der Waals surface area contributed by atoms with Crippen LogP contribution in [0.3, 0.4) is 0 Å². The maximum atomic E-state index is 5.72. The molecule has 0 radical (unpaired) electrons. The summed E-state index contributed by atoms with van der Waals surface area (Å²) in [5.41, 5.74) is 1.41. The molecule has 1 aliphatic rings. The van der Waals surface area contributed by atoms with Crippen LogP contribution in [0, 0.1) is 5.92 Å². The van der Waals surface area contributed by atoms with E-state index in [9.17, 15) is 0 Å². The second-order valence-electron chi connectivity index (χ2n) is 6.09. The Hall–Kier alpha value is -0.380. The van der Waals surface area contributed by atoms with Crippen LogP contribution in [0.5, 0.6) is 0 Å². The maximum Gasteiger partial charge on any atom is 0.0518 e. The Bertz CT molecular complexity index is 404. The van der Waals surface area contributed by atoms with Gasteiger partial charge in [0.15, 0.2) is 0 Å². The summed E-state index contributed by atoms with van der Waals surface area (Å²) in [7, 11) is 0. The van der Waals surface area contributed by atoms with Crippen molar-refractivity contribution in [3.63, 3.8) is 0 Å². The Morgan fingerprint density at radius 3 is 2.80 bits per heavy atom. The van der Waals surface area contributed by atoms with Gasteiger partial charge < -0.3 is 10.1 Å². The van der Waals surface area contributed by atoms with Crippen molar-refractivity contribution in [1.29, 1.82) is 0 Å². The quantitative estimate of drug-likeness (QED) is 0.728. The van der Waals surface area contributed by atoms with E-state index in [0.717, 1.165) is 32.0 Å². The van der Waals surface area contributed by atoms with Crippen LogP contribution in [-0.4, -0.2) is 25.3 Å². The molecule has 0 saturated heterocycles. The molecule has 0 spiro atoms. The van der Waals surface area contributed by atoms with Crippen molar-refractivity contribution in [1.82, 2.24) is 5.32 Å². The third-order valence-electron chi connectivity index (χ3n) is 3.66. The average Bonchev–Trinajstić information content (AvgIpc) is 3.19. The monoisotopic (exact) mass is 339 g/mol. The van der Waals surface area contributed by atoms with Gasteiger partial charge in [-0.05, 0) is 69.7 Å². The average molecular weight is 340 g/mol. The minimum Gasteiger partial charge on any atom is -0.379 e. The van der Waals surface area contributed by atoms with Crippen LogP contribution in [0.4, 0.5) is 0 Å². The van der Waals surface area contributed by atoms with Gasteiger partial charge in [-0.3, -0.25) is 0 Å². The first-order valence-electron chi connectivity index (χ1n) is 7.73. The molecule has 1 fully saturated rings. The molecule has 0 aliphatic heterocycles. The first kappa shape index (κ1) is 16.0. The predicted octanol–water partition coefficient (Wildman–Crippen LogP) is 4.17. The summed E-state index contributed by atoms with van der Waals surface area (Å²) in [6.07, 6.45) is 5.29. The summed E-state index contributed by atoms with van der Waals surface area (Å²) < 4.78 is 6.89. The zero-order chi connectivity index (χ0) is 14.4. The van der Waals surface area contributed by atoms with Crippen molar-refractivity contribution in [2.45, 2.75) is 51.7 Å². The van der Waals surface area contributed by atoms with Gasteiger partial charge in [0.25, 0.3) is 0 Å². The molecule has 2 rings (SSSR count). The maximum absolute atomic E-state index is 5.72. The van der Waals surface area contributed by atoms with Gasteiger partial charge in [-0.2, -0.15) is 0 Å². The van der Waals surface area contributed by atoms with E-state index in [4.69, 9.17) is 4.74 Å². The van der Waals surface area contributed by atoms with E-state index < -0.39 is 0 Å². The topological polar surface area (TPSA) is 21.3 Å². The molecule has 0 aromatic heterocycles. The van der Waals surface area contributed by atoms with E-state index in [1.807, 2.05) is 0 Å². The minimum atomic E-state index is 0.331. The molecule has 1 atom stereocenters. The lowest BCUT2D eigenvalue weighted by Gasteiger charge is -2.19. The van der Waals surface area contributed by atoms with E-state index in [-0.39, 0.29) is 0 Å². The zero-order valence-corrected chi connectivity index (χ0v) is 14.2. The Kier molecular flexibility index (Phi) is 6.53. The van der Waals surface area contributed by atoms with Crippen LogP contribution < -0.4 is 5.32 Å².